The van der Waals surface area contributed by atoms with Gasteiger partial charge in [0.2, 0.25) is 5.89 Å². The molecule has 2 heterocycles. The van der Waals surface area contributed by atoms with Crippen LogP contribution >= 0.6 is 0 Å². The maximum atomic E-state index is 5.77. The van der Waals surface area contributed by atoms with Crippen LogP contribution in [0, 0.1) is 5.41 Å². The van der Waals surface area contributed by atoms with Crippen LogP contribution in [0.4, 0.5) is 6.01 Å². The monoisotopic (exact) mass is 264 g/mol. The minimum atomic E-state index is 0.118. The van der Waals surface area contributed by atoms with E-state index in [1.807, 2.05) is 14.0 Å². The Balaban J connectivity index is 1.63. The number of aromatic nitrogens is 2. The second kappa shape index (κ2) is 5.12. The summed E-state index contributed by atoms with van der Waals surface area (Å²) in [6, 6.07) is 0.817. The molecule has 3 rings (SSSR count). The number of nitrogens with one attached hydrogen (secondary N) is 1. The summed E-state index contributed by atoms with van der Waals surface area (Å²) in [5.41, 5.74) is 0.637. The Morgan fingerprint density at radius 1 is 1.16 bits per heavy atom. The summed E-state index contributed by atoms with van der Waals surface area (Å²) in [6.07, 6.45) is 8.26. The maximum absolute atomic E-state index is 5.77. The first-order chi connectivity index (χ1) is 9.22. The third kappa shape index (κ3) is 2.48. The van der Waals surface area contributed by atoms with Crippen molar-refractivity contribution in [2.45, 2.75) is 51.5 Å². The van der Waals surface area contributed by atoms with E-state index >= 15 is 0 Å². The van der Waals surface area contributed by atoms with Crippen molar-refractivity contribution in [1.29, 1.82) is 0 Å². The van der Waals surface area contributed by atoms with E-state index in [4.69, 9.17) is 4.42 Å². The number of anilines is 1. The Morgan fingerprint density at radius 2 is 1.84 bits per heavy atom. The summed E-state index contributed by atoms with van der Waals surface area (Å²) in [5.74, 6) is 0.679. The molecule has 1 aromatic heterocycles. The quantitative estimate of drug-likeness (QED) is 0.909. The van der Waals surface area contributed by atoms with Crippen LogP contribution in [0.2, 0.25) is 0 Å². The molecule has 2 fully saturated rings. The van der Waals surface area contributed by atoms with Gasteiger partial charge in [-0.15, -0.1) is 5.10 Å². The molecular formula is C14H24N4O. The Labute approximate surface area is 114 Å². The van der Waals surface area contributed by atoms with E-state index in [-0.39, 0.29) is 6.04 Å². The summed E-state index contributed by atoms with van der Waals surface area (Å²) in [5, 5.41) is 11.4. The SMILES string of the molecule is CNC(C)c1nnc(N2CCC3(CCCC3)CC2)o1. The molecule has 1 spiro atoms. The number of hydrogen-bond acceptors (Lipinski definition) is 5. The van der Waals surface area contributed by atoms with Crippen molar-refractivity contribution in [1.82, 2.24) is 15.5 Å². The van der Waals surface area contributed by atoms with E-state index in [9.17, 15) is 0 Å². The second-order valence-corrected chi connectivity index (χ2v) is 6.13. The summed E-state index contributed by atoms with van der Waals surface area (Å²) < 4.78 is 5.77. The summed E-state index contributed by atoms with van der Waals surface area (Å²) in [6.45, 7) is 4.16. The molecule has 106 valence electrons. The van der Waals surface area contributed by atoms with Gasteiger partial charge in [0.15, 0.2) is 0 Å². The van der Waals surface area contributed by atoms with E-state index in [1.54, 1.807) is 0 Å². The van der Waals surface area contributed by atoms with Gasteiger partial charge in [-0.1, -0.05) is 17.9 Å². The molecule has 1 aromatic rings. The number of rotatable bonds is 3. The highest BCUT2D eigenvalue weighted by Crippen LogP contribution is 2.46. The Kier molecular flexibility index (Phi) is 3.48. The van der Waals surface area contributed by atoms with Gasteiger partial charge in [0.05, 0.1) is 6.04 Å². The van der Waals surface area contributed by atoms with Crippen molar-refractivity contribution in [3.63, 3.8) is 0 Å². The molecule has 1 atom stereocenters. The smallest absolute Gasteiger partial charge is 0.318 e. The van der Waals surface area contributed by atoms with Gasteiger partial charge in [0.1, 0.15) is 0 Å². The van der Waals surface area contributed by atoms with Crippen LogP contribution in [0.15, 0.2) is 4.42 Å². The van der Waals surface area contributed by atoms with Gasteiger partial charge in [-0.05, 0) is 45.1 Å². The van der Waals surface area contributed by atoms with Gasteiger partial charge in [-0.2, -0.15) is 0 Å². The molecular weight excluding hydrogens is 240 g/mol. The Bertz CT molecular complexity index is 415. The molecule has 0 bridgehead atoms. The van der Waals surface area contributed by atoms with Crippen LogP contribution in [0.3, 0.4) is 0 Å². The van der Waals surface area contributed by atoms with Crippen molar-refractivity contribution in [2.75, 3.05) is 25.0 Å². The summed E-state index contributed by atoms with van der Waals surface area (Å²) >= 11 is 0. The van der Waals surface area contributed by atoms with Crippen molar-refractivity contribution in [2.24, 2.45) is 5.41 Å². The van der Waals surface area contributed by atoms with Crippen molar-refractivity contribution < 1.29 is 4.42 Å². The molecule has 1 aliphatic carbocycles. The van der Waals surface area contributed by atoms with Crippen LogP contribution in [0.25, 0.3) is 0 Å². The first-order valence-corrected chi connectivity index (χ1v) is 7.48. The molecule has 5 heteroatoms. The predicted molar refractivity (Wildman–Crippen MR) is 74.1 cm³/mol. The first kappa shape index (κ1) is 12.9. The van der Waals surface area contributed by atoms with Crippen molar-refractivity contribution in [3.8, 4) is 0 Å². The Hall–Kier alpha value is -1.10. The lowest BCUT2D eigenvalue weighted by Gasteiger charge is -2.38. The highest BCUT2D eigenvalue weighted by atomic mass is 16.4. The molecule has 0 amide bonds. The fourth-order valence-electron chi connectivity index (χ4n) is 3.45. The second-order valence-electron chi connectivity index (χ2n) is 6.13. The van der Waals surface area contributed by atoms with Crippen LogP contribution in [-0.4, -0.2) is 30.3 Å². The van der Waals surface area contributed by atoms with Gasteiger partial charge in [0.25, 0.3) is 0 Å². The van der Waals surface area contributed by atoms with E-state index in [0.29, 0.717) is 17.3 Å². The molecule has 1 unspecified atom stereocenters. The van der Waals surface area contributed by atoms with Crippen LogP contribution < -0.4 is 10.2 Å². The lowest BCUT2D eigenvalue weighted by Crippen LogP contribution is -2.39. The van der Waals surface area contributed by atoms with Gasteiger partial charge in [0, 0.05) is 13.1 Å². The molecule has 1 saturated carbocycles. The van der Waals surface area contributed by atoms with Crippen LogP contribution in [0.5, 0.6) is 0 Å². The van der Waals surface area contributed by atoms with Crippen molar-refractivity contribution in [3.05, 3.63) is 5.89 Å². The largest absolute Gasteiger partial charge is 0.406 e. The zero-order valence-corrected chi connectivity index (χ0v) is 12.0. The molecule has 5 nitrogen and oxygen atoms in total. The van der Waals surface area contributed by atoms with E-state index in [0.717, 1.165) is 13.1 Å². The van der Waals surface area contributed by atoms with Crippen molar-refractivity contribution >= 4 is 6.01 Å². The minimum absolute atomic E-state index is 0.118. The third-order valence-corrected chi connectivity index (χ3v) is 4.99. The van der Waals surface area contributed by atoms with Gasteiger partial charge < -0.3 is 14.6 Å². The molecule has 0 radical (unpaired) electrons. The van der Waals surface area contributed by atoms with E-state index in [2.05, 4.69) is 20.4 Å². The molecule has 1 aliphatic heterocycles. The Morgan fingerprint density at radius 3 is 2.47 bits per heavy atom. The van der Waals surface area contributed by atoms with Gasteiger partial charge >= 0.3 is 6.01 Å². The first-order valence-electron chi connectivity index (χ1n) is 7.48. The number of piperidine rings is 1. The fourth-order valence-corrected chi connectivity index (χ4v) is 3.45. The van der Waals surface area contributed by atoms with Gasteiger partial charge in [-0.3, -0.25) is 0 Å². The van der Waals surface area contributed by atoms with E-state index in [1.165, 1.54) is 38.5 Å². The highest BCUT2D eigenvalue weighted by molar-refractivity contribution is 5.26. The highest BCUT2D eigenvalue weighted by Gasteiger charge is 2.37. The number of nitrogens with zero attached hydrogens (tertiary/aromatic N) is 3. The topological polar surface area (TPSA) is 54.2 Å². The molecule has 0 aromatic carbocycles. The number of hydrogen-bond donors (Lipinski definition) is 1. The summed E-state index contributed by atoms with van der Waals surface area (Å²) in [4.78, 5) is 2.25. The predicted octanol–water partition coefficient (Wildman–Crippen LogP) is 2.51. The lowest BCUT2D eigenvalue weighted by molar-refractivity contribution is 0.221. The van der Waals surface area contributed by atoms with Crippen LogP contribution in [-0.2, 0) is 0 Å². The molecule has 1 N–H and O–H groups in total. The third-order valence-electron chi connectivity index (χ3n) is 4.99. The molecule has 2 aliphatic rings. The average Bonchev–Trinajstić information content (AvgIpc) is 3.09. The fraction of sp³-hybridized carbons (Fsp3) is 0.857. The zero-order chi connectivity index (χ0) is 13.3. The zero-order valence-electron chi connectivity index (χ0n) is 12.0. The molecule has 1 saturated heterocycles. The normalized spacial score (nSPS) is 24.0. The minimum Gasteiger partial charge on any atom is -0.406 e. The maximum Gasteiger partial charge on any atom is 0.318 e. The lowest BCUT2D eigenvalue weighted by atomic mass is 9.77. The summed E-state index contributed by atoms with van der Waals surface area (Å²) in [7, 11) is 1.90. The average molecular weight is 264 g/mol. The van der Waals surface area contributed by atoms with Gasteiger partial charge in [-0.25, -0.2) is 0 Å². The van der Waals surface area contributed by atoms with Crippen LogP contribution in [0.1, 0.15) is 57.4 Å². The molecule has 19 heavy (non-hydrogen) atoms. The van der Waals surface area contributed by atoms with E-state index < -0.39 is 0 Å². The standard InChI is InChI=1S/C14H24N4O/c1-11(15-2)12-16-17-13(19-12)18-9-7-14(8-10-18)5-3-4-6-14/h11,15H,3-10H2,1-2H3.